The van der Waals surface area contributed by atoms with E-state index in [1.165, 1.54) is 18.2 Å². The van der Waals surface area contributed by atoms with Crippen LogP contribution in [-0.4, -0.2) is 29.6 Å². The molecule has 163 valence electrons. The summed E-state index contributed by atoms with van der Waals surface area (Å²) in [4.78, 5) is 0.200. The van der Waals surface area contributed by atoms with Gasteiger partial charge in [-0.15, -0.1) is 0 Å². The minimum atomic E-state index is -3.32. The molecule has 0 spiro atoms. The van der Waals surface area contributed by atoms with Gasteiger partial charge in [-0.3, -0.25) is 0 Å². The molecule has 0 aliphatic rings. The van der Waals surface area contributed by atoms with Crippen LogP contribution in [0, 0.1) is 18.6 Å². The summed E-state index contributed by atoms with van der Waals surface area (Å²) in [6.45, 7) is 14.9. The first-order valence-electron chi connectivity index (χ1n) is 9.58. The topological polar surface area (TPSA) is 43.4 Å². The Labute approximate surface area is 179 Å². The summed E-state index contributed by atoms with van der Waals surface area (Å²) < 4.78 is 57.2. The Morgan fingerprint density at radius 1 is 1.00 bits per heavy atom. The van der Waals surface area contributed by atoms with Crippen molar-refractivity contribution < 1.29 is 21.6 Å². The fraction of sp³-hybridized carbons (Fsp3) is 0.348. The van der Waals surface area contributed by atoms with Crippen LogP contribution in [0.25, 0.3) is 11.1 Å². The molecule has 0 atom stereocenters. The quantitative estimate of drug-likeness (QED) is 0.392. The number of hydrogen-bond acceptors (Lipinski definition) is 3. The van der Waals surface area contributed by atoms with Crippen molar-refractivity contribution in [1.29, 1.82) is 0 Å². The Morgan fingerprint density at radius 2 is 1.53 bits per heavy atom. The summed E-state index contributed by atoms with van der Waals surface area (Å²) in [5, 5.41) is -0.0232. The summed E-state index contributed by atoms with van der Waals surface area (Å²) in [6, 6.07) is 10.0. The van der Waals surface area contributed by atoms with Crippen LogP contribution >= 0.6 is 0 Å². The van der Waals surface area contributed by atoms with Gasteiger partial charge in [0, 0.05) is 6.26 Å². The van der Waals surface area contributed by atoms with Crippen molar-refractivity contribution in [2.75, 3.05) is 12.9 Å². The van der Waals surface area contributed by atoms with Gasteiger partial charge >= 0.3 is 0 Å². The fourth-order valence-electron chi connectivity index (χ4n) is 2.58. The number of allylic oxidation sites excluding steroid dienone is 1. The summed E-state index contributed by atoms with van der Waals surface area (Å²) in [5.41, 5.74) is 2.36. The zero-order chi connectivity index (χ0) is 22.9. The zero-order valence-corrected chi connectivity index (χ0v) is 20.2. The molecule has 0 aromatic heterocycles. The largest absolute Gasteiger partial charge is 0.413 e. The van der Waals surface area contributed by atoms with Gasteiger partial charge in [-0.25, -0.2) is 17.2 Å². The molecule has 0 amide bonds. The molecule has 0 bridgehead atoms. The average Bonchev–Trinajstić information content (AvgIpc) is 2.63. The van der Waals surface area contributed by atoms with Crippen molar-refractivity contribution in [3.8, 4) is 0 Å². The number of halogens is 2. The Hall–Kier alpha value is -1.83. The summed E-state index contributed by atoms with van der Waals surface area (Å²) >= 11 is 0. The molecule has 2 aromatic rings. The predicted molar refractivity (Wildman–Crippen MR) is 121 cm³/mol. The van der Waals surface area contributed by atoms with Crippen LogP contribution < -0.4 is 0 Å². The molecule has 30 heavy (non-hydrogen) atoms. The highest BCUT2D eigenvalue weighted by molar-refractivity contribution is 7.90. The number of hydrogen-bond donors (Lipinski definition) is 0. The molecular weight excluding hydrogens is 422 g/mol. The average molecular weight is 452 g/mol. The van der Waals surface area contributed by atoms with E-state index in [1.807, 2.05) is 0 Å². The van der Waals surface area contributed by atoms with Crippen LogP contribution in [-0.2, 0) is 14.3 Å². The lowest BCUT2D eigenvalue weighted by Crippen LogP contribution is -2.41. The van der Waals surface area contributed by atoms with E-state index in [1.54, 1.807) is 12.1 Å². The van der Waals surface area contributed by atoms with Gasteiger partial charge in [0.2, 0.25) is 0 Å². The van der Waals surface area contributed by atoms with E-state index in [4.69, 9.17) is 4.43 Å². The molecule has 7 heteroatoms. The zero-order valence-electron chi connectivity index (χ0n) is 18.3. The maximum atomic E-state index is 13.9. The van der Waals surface area contributed by atoms with Crippen molar-refractivity contribution in [2.45, 2.75) is 43.8 Å². The maximum Gasteiger partial charge on any atom is 0.192 e. The highest BCUT2D eigenvalue weighted by Crippen LogP contribution is 2.38. The van der Waals surface area contributed by atoms with E-state index >= 15 is 0 Å². The summed E-state index contributed by atoms with van der Waals surface area (Å²) in [6.07, 6.45) is 1.14. The van der Waals surface area contributed by atoms with Crippen molar-refractivity contribution in [3.63, 3.8) is 0 Å². The van der Waals surface area contributed by atoms with Gasteiger partial charge < -0.3 is 4.43 Å². The van der Waals surface area contributed by atoms with Crippen LogP contribution in [0.15, 0.2) is 47.4 Å². The molecule has 1 radical (unpaired) electrons. The first-order valence-corrected chi connectivity index (χ1v) is 14.4. The third-order valence-electron chi connectivity index (χ3n) is 5.65. The molecular formula is C23H29F2O3SSi. The first kappa shape index (κ1) is 24.4. The highest BCUT2D eigenvalue weighted by Gasteiger charge is 2.37. The minimum absolute atomic E-state index is 0.0232. The first-order chi connectivity index (χ1) is 13.6. The third kappa shape index (κ3) is 5.65. The molecule has 0 saturated carbocycles. The molecule has 0 heterocycles. The fourth-order valence-corrected chi connectivity index (χ4v) is 4.14. The summed E-state index contributed by atoms with van der Waals surface area (Å²) in [7, 11) is -5.44. The predicted octanol–water partition coefficient (Wildman–Crippen LogP) is 6.13. The van der Waals surface area contributed by atoms with Crippen molar-refractivity contribution in [3.05, 3.63) is 72.1 Å². The normalized spacial score (nSPS) is 13.9. The van der Waals surface area contributed by atoms with Crippen molar-refractivity contribution in [1.82, 2.24) is 0 Å². The van der Waals surface area contributed by atoms with Gasteiger partial charge in [0.15, 0.2) is 29.8 Å². The second-order valence-corrected chi connectivity index (χ2v) is 15.8. The van der Waals surface area contributed by atoms with E-state index in [0.29, 0.717) is 22.3 Å². The molecule has 2 aromatic carbocycles. The Bertz CT molecular complexity index is 1050. The number of benzene rings is 2. The van der Waals surface area contributed by atoms with Gasteiger partial charge in [0.1, 0.15) is 0 Å². The Kier molecular flexibility index (Phi) is 7.11. The molecule has 0 saturated heterocycles. The molecule has 0 unspecified atom stereocenters. The monoisotopic (exact) mass is 451 g/mol. The standard InChI is InChI=1S/C23H29F2O3SSi/c1-16(17-8-11-19(12-9-17)29(5,26)27)20(15-28-30(6,7)23(2,3)4)18-10-13-21(24)22(25)14-18/h8-14H,1,15H2,2-7H3/b20-16+. The molecule has 0 fully saturated rings. The minimum Gasteiger partial charge on any atom is -0.413 e. The maximum absolute atomic E-state index is 13.9. The smallest absolute Gasteiger partial charge is 0.192 e. The second kappa shape index (κ2) is 8.73. The van der Waals surface area contributed by atoms with Crippen LogP contribution in [0.2, 0.25) is 18.1 Å². The van der Waals surface area contributed by atoms with E-state index in [2.05, 4.69) is 40.8 Å². The lowest BCUT2D eigenvalue weighted by molar-refractivity contribution is 0.334. The van der Waals surface area contributed by atoms with Gasteiger partial charge in [0.25, 0.3) is 0 Å². The van der Waals surface area contributed by atoms with Crippen LogP contribution in [0.3, 0.4) is 0 Å². The SMILES string of the molecule is [CH2]/C(=C(/CO[Si](C)(C)C(C)(C)C)c1ccc(F)c(F)c1)c1ccc(S(C)(=O)=O)cc1. The van der Waals surface area contributed by atoms with Gasteiger partial charge in [0.05, 0.1) is 11.5 Å². The van der Waals surface area contributed by atoms with Crippen LogP contribution in [0.1, 0.15) is 31.9 Å². The van der Waals surface area contributed by atoms with Crippen LogP contribution in [0.5, 0.6) is 0 Å². The molecule has 0 aliphatic heterocycles. The lowest BCUT2D eigenvalue weighted by atomic mass is 9.96. The van der Waals surface area contributed by atoms with E-state index in [9.17, 15) is 17.2 Å². The molecule has 0 N–H and O–H groups in total. The lowest BCUT2D eigenvalue weighted by Gasteiger charge is -2.36. The Balaban J connectivity index is 2.54. The molecule has 2 rings (SSSR count). The van der Waals surface area contributed by atoms with Gasteiger partial charge in [-0.2, -0.15) is 0 Å². The van der Waals surface area contributed by atoms with Crippen LogP contribution in [0.4, 0.5) is 8.78 Å². The highest BCUT2D eigenvalue weighted by atomic mass is 32.2. The molecule has 0 aliphatic carbocycles. The number of sulfone groups is 1. The Morgan fingerprint density at radius 3 is 2.00 bits per heavy atom. The van der Waals surface area contributed by atoms with E-state index in [-0.39, 0.29) is 16.5 Å². The van der Waals surface area contributed by atoms with Gasteiger partial charge in [-0.1, -0.05) is 39.0 Å². The van der Waals surface area contributed by atoms with E-state index in [0.717, 1.165) is 18.4 Å². The van der Waals surface area contributed by atoms with Crippen molar-refractivity contribution in [2.24, 2.45) is 0 Å². The molecule has 3 nitrogen and oxygen atoms in total. The van der Waals surface area contributed by atoms with E-state index < -0.39 is 29.8 Å². The number of rotatable bonds is 6. The van der Waals surface area contributed by atoms with Crippen molar-refractivity contribution >= 4 is 29.3 Å². The third-order valence-corrected chi connectivity index (χ3v) is 11.3. The summed E-state index contributed by atoms with van der Waals surface area (Å²) in [5.74, 6) is -1.87. The second-order valence-electron chi connectivity index (χ2n) is 8.93. The van der Waals surface area contributed by atoms with Gasteiger partial charge in [-0.05, 0) is 71.6 Å².